The molecule has 0 bridgehead atoms. The highest BCUT2D eigenvalue weighted by atomic mass is 28.4. The molecule has 0 heterocycles. The van der Waals surface area contributed by atoms with Crippen molar-refractivity contribution in [1.82, 2.24) is 15.1 Å². The molecule has 0 aliphatic carbocycles. The van der Waals surface area contributed by atoms with Crippen LogP contribution in [0, 0.1) is 0 Å². The van der Waals surface area contributed by atoms with Gasteiger partial charge in [0, 0.05) is 20.4 Å². The van der Waals surface area contributed by atoms with Crippen LogP contribution in [0.5, 0.6) is 0 Å². The van der Waals surface area contributed by atoms with Crippen molar-refractivity contribution in [3.63, 3.8) is 0 Å². The smallest absolute Gasteiger partial charge is 0.351 e. The van der Waals surface area contributed by atoms with Crippen molar-refractivity contribution in [2.24, 2.45) is 0 Å². The third-order valence-corrected chi connectivity index (χ3v) is 8.05. The van der Waals surface area contributed by atoms with Gasteiger partial charge < -0.3 is 24.0 Å². The molecule has 23 heavy (non-hydrogen) atoms. The van der Waals surface area contributed by atoms with E-state index in [0.717, 1.165) is 51.5 Å². The maximum Gasteiger partial charge on any atom is 0.351 e. The molecule has 0 aromatic heterocycles. The summed E-state index contributed by atoms with van der Waals surface area (Å²) >= 11 is 0. The fourth-order valence-corrected chi connectivity index (χ4v) is 4.90. The molecule has 0 saturated carbocycles. The monoisotopic (exact) mass is 347 g/mol. The van der Waals surface area contributed by atoms with Gasteiger partial charge in [0.15, 0.2) is 0 Å². The first-order valence-electron chi connectivity index (χ1n) is 9.29. The maximum absolute atomic E-state index is 5.81. The Labute approximate surface area is 146 Å². The van der Waals surface area contributed by atoms with Gasteiger partial charge in [0.25, 0.3) is 0 Å². The summed E-state index contributed by atoms with van der Waals surface area (Å²) in [6.45, 7) is 13.3. The van der Waals surface area contributed by atoms with Gasteiger partial charge in [-0.1, -0.05) is 20.8 Å². The van der Waals surface area contributed by atoms with Crippen molar-refractivity contribution in [2.75, 3.05) is 66.7 Å². The molecule has 0 spiro atoms. The van der Waals surface area contributed by atoms with Crippen molar-refractivity contribution >= 4 is 8.56 Å². The number of hydrogen-bond acceptors (Lipinski definition) is 5. The lowest BCUT2D eigenvalue weighted by atomic mass is 10.3. The quantitative estimate of drug-likeness (QED) is 0.342. The third kappa shape index (κ3) is 10.5. The van der Waals surface area contributed by atoms with Crippen LogP contribution in [0.15, 0.2) is 0 Å². The zero-order chi connectivity index (χ0) is 17.6. The molecule has 0 saturated heterocycles. The Bertz CT molecular complexity index is 258. The first kappa shape index (κ1) is 23.0. The summed E-state index contributed by atoms with van der Waals surface area (Å²) in [4.78, 5) is 4.93. The van der Waals surface area contributed by atoms with E-state index >= 15 is 0 Å². The van der Waals surface area contributed by atoms with E-state index in [-0.39, 0.29) is 0 Å². The van der Waals surface area contributed by atoms with E-state index in [4.69, 9.17) is 8.85 Å². The fourth-order valence-electron chi connectivity index (χ4n) is 2.68. The normalized spacial score (nSPS) is 12.5. The minimum absolute atomic E-state index is 0.972. The van der Waals surface area contributed by atoms with Gasteiger partial charge >= 0.3 is 8.56 Å². The molecule has 0 amide bonds. The van der Waals surface area contributed by atoms with E-state index in [2.05, 4.69) is 42.9 Å². The minimum Gasteiger partial charge on any atom is -0.397 e. The van der Waals surface area contributed by atoms with Crippen LogP contribution in [-0.4, -0.2) is 85.1 Å². The summed E-state index contributed by atoms with van der Waals surface area (Å²) < 4.78 is 11.6. The van der Waals surface area contributed by atoms with Crippen molar-refractivity contribution in [3.8, 4) is 0 Å². The van der Waals surface area contributed by atoms with Gasteiger partial charge in [-0.05, 0) is 71.6 Å². The van der Waals surface area contributed by atoms with Crippen LogP contribution in [0.4, 0.5) is 0 Å². The first-order chi connectivity index (χ1) is 11.1. The standard InChI is InChI=1S/C17H41N3O2Si/c1-7-12-18-13-10-15-20(16-11-14-19(4)8-2)17-23(9-3,21-5)22-6/h18H,7-17H2,1-6H3. The Balaban J connectivity index is 4.40. The largest absolute Gasteiger partial charge is 0.397 e. The average Bonchev–Trinajstić information content (AvgIpc) is 2.58. The molecule has 5 nitrogen and oxygen atoms in total. The Hall–Kier alpha value is 0.0169. The summed E-state index contributed by atoms with van der Waals surface area (Å²) in [5.74, 6) is 0. The molecule has 0 rings (SSSR count). The minimum atomic E-state index is -2.05. The topological polar surface area (TPSA) is 37.0 Å². The number of hydrogen-bond donors (Lipinski definition) is 1. The Morgan fingerprint density at radius 1 is 0.913 bits per heavy atom. The fraction of sp³-hybridized carbons (Fsp3) is 1.00. The van der Waals surface area contributed by atoms with Gasteiger partial charge in [-0.25, -0.2) is 0 Å². The number of nitrogens with one attached hydrogen (secondary N) is 1. The molecule has 0 aliphatic heterocycles. The zero-order valence-corrected chi connectivity index (χ0v) is 17.5. The molecule has 140 valence electrons. The molecule has 6 heteroatoms. The predicted octanol–water partition coefficient (Wildman–Crippen LogP) is 2.31. The SMILES string of the molecule is CCCNCCCN(CCCN(C)CC)C[Si](CC)(OC)OC. The summed E-state index contributed by atoms with van der Waals surface area (Å²) in [5.41, 5.74) is 0. The van der Waals surface area contributed by atoms with Crippen LogP contribution >= 0.6 is 0 Å². The van der Waals surface area contributed by atoms with E-state index in [1.165, 1.54) is 19.3 Å². The van der Waals surface area contributed by atoms with Crippen LogP contribution in [0.1, 0.15) is 40.0 Å². The summed E-state index contributed by atoms with van der Waals surface area (Å²) in [6.07, 6.45) is 4.56. The number of rotatable bonds is 16. The Morgan fingerprint density at radius 2 is 1.57 bits per heavy atom. The molecule has 0 aromatic rings. The van der Waals surface area contributed by atoms with E-state index < -0.39 is 8.56 Å². The Kier molecular flexibility index (Phi) is 14.4. The molecular weight excluding hydrogens is 306 g/mol. The highest BCUT2D eigenvalue weighted by Gasteiger charge is 2.35. The third-order valence-electron chi connectivity index (χ3n) is 4.56. The lowest BCUT2D eigenvalue weighted by Gasteiger charge is -2.33. The molecule has 1 N–H and O–H groups in total. The van der Waals surface area contributed by atoms with E-state index in [1.54, 1.807) is 0 Å². The molecule has 0 aromatic carbocycles. The summed E-state index contributed by atoms with van der Waals surface area (Å²) in [5, 5.41) is 3.49. The lowest BCUT2D eigenvalue weighted by Crippen LogP contribution is -2.51. The average molecular weight is 348 g/mol. The first-order valence-corrected chi connectivity index (χ1v) is 11.5. The molecule has 0 fully saturated rings. The van der Waals surface area contributed by atoms with Crippen LogP contribution in [0.2, 0.25) is 6.04 Å². The Morgan fingerprint density at radius 3 is 2.09 bits per heavy atom. The molecule has 0 radical (unpaired) electrons. The van der Waals surface area contributed by atoms with Gasteiger partial charge in [0.2, 0.25) is 0 Å². The van der Waals surface area contributed by atoms with Crippen LogP contribution in [-0.2, 0) is 8.85 Å². The van der Waals surface area contributed by atoms with Crippen molar-refractivity contribution in [2.45, 2.75) is 46.1 Å². The van der Waals surface area contributed by atoms with Crippen molar-refractivity contribution < 1.29 is 8.85 Å². The van der Waals surface area contributed by atoms with Gasteiger partial charge in [0.05, 0.1) is 0 Å². The van der Waals surface area contributed by atoms with Crippen LogP contribution in [0.25, 0.3) is 0 Å². The highest BCUT2D eigenvalue weighted by molar-refractivity contribution is 6.67. The van der Waals surface area contributed by atoms with Crippen molar-refractivity contribution in [1.29, 1.82) is 0 Å². The van der Waals surface area contributed by atoms with E-state index in [0.29, 0.717) is 0 Å². The second-order valence-electron chi connectivity index (χ2n) is 6.30. The lowest BCUT2D eigenvalue weighted by molar-refractivity contribution is 0.196. The second-order valence-corrected chi connectivity index (χ2v) is 9.96. The molecule has 0 atom stereocenters. The van der Waals surface area contributed by atoms with Gasteiger partial charge in [-0.2, -0.15) is 0 Å². The number of nitrogens with zero attached hydrogens (tertiary/aromatic N) is 2. The second kappa shape index (κ2) is 14.4. The molecule has 0 unspecified atom stereocenters. The van der Waals surface area contributed by atoms with Gasteiger partial charge in [-0.3, -0.25) is 0 Å². The summed E-state index contributed by atoms with van der Waals surface area (Å²) in [6, 6.07) is 0.999. The molecular formula is C17H41N3O2Si. The van der Waals surface area contributed by atoms with Gasteiger partial charge in [0.1, 0.15) is 0 Å². The maximum atomic E-state index is 5.81. The van der Waals surface area contributed by atoms with E-state index in [1.807, 2.05) is 14.2 Å². The summed E-state index contributed by atoms with van der Waals surface area (Å²) in [7, 11) is 3.76. The van der Waals surface area contributed by atoms with E-state index in [9.17, 15) is 0 Å². The van der Waals surface area contributed by atoms with Crippen LogP contribution in [0.3, 0.4) is 0 Å². The van der Waals surface area contributed by atoms with Gasteiger partial charge in [-0.15, -0.1) is 0 Å². The molecule has 0 aliphatic rings. The zero-order valence-electron chi connectivity index (χ0n) is 16.5. The highest BCUT2D eigenvalue weighted by Crippen LogP contribution is 2.14. The predicted molar refractivity (Wildman–Crippen MR) is 102 cm³/mol. The van der Waals surface area contributed by atoms with Crippen molar-refractivity contribution in [3.05, 3.63) is 0 Å². The van der Waals surface area contributed by atoms with Crippen LogP contribution < -0.4 is 5.32 Å².